The Bertz CT molecular complexity index is 797. The Morgan fingerprint density at radius 3 is 1.56 bits per heavy atom. The van der Waals surface area contributed by atoms with E-state index in [4.69, 9.17) is 4.74 Å². The number of rotatable bonds is 38. The molecular formula is C44H83NO5. The van der Waals surface area contributed by atoms with E-state index in [0.717, 1.165) is 83.5 Å². The SMILES string of the molecule is CCC/C=C\CCCCCC(CC(=O)NC(CO)C(O)CCCCCCCCCCCCC)OC(=O)CCCCCCC/C=C\CCCCC. The van der Waals surface area contributed by atoms with Gasteiger partial charge in [-0.05, 0) is 70.6 Å². The summed E-state index contributed by atoms with van der Waals surface area (Å²) in [6, 6.07) is -0.701. The van der Waals surface area contributed by atoms with Crippen LogP contribution in [0.5, 0.6) is 0 Å². The van der Waals surface area contributed by atoms with E-state index in [2.05, 4.69) is 50.4 Å². The highest BCUT2D eigenvalue weighted by Crippen LogP contribution is 2.17. The van der Waals surface area contributed by atoms with Crippen LogP contribution < -0.4 is 5.32 Å². The molecule has 0 saturated heterocycles. The van der Waals surface area contributed by atoms with Gasteiger partial charge in [-0.25, -0.2) is 0 Å². The molecule has 0 aromatic carbocycles. The van der Waals surface area contributed by atoms with E-state index in [1.165, 1.54) is 89.9 Å². The normalized spacial score (nSPS) is 13.6. The molecule has 0 bridgehead atoms. The Balaban J connectivity index is 4.53. The number of amides is 1. The van der Waals surface area contributed by atoms with Crippen molar-refractivity contribution in [3.05, 3.63) is 24.3 Å². The van der Waals surface area contributed by atoms with E-state index in [9.17, 15) is 19.8 Å². The summed E-state index contributed by atoms with van der Waals surface area (Å²) in [7, 11) is 0. The van der Waals surface area contributed by atoms with Gasteiger partial charge in [-0.1, -0.05) is 161 Å². The van der Waals surface area contributed by atoms with E-state index >= 15 is 0 Å². The number of allylic oxidation sites excluding steroid dienone is 4. The Morgan fingerprint density at radius 2 is 1.00 bits per heavy atom. The molecule has 0 spiro atoms. The van der Waals surface area contributed by atoms with E-state index in [0.29, 0.717) is 19.3 Å². The van der Waals surface area contributed by atoms with Crippen molar-refractivity contribution in [3.8, 4) is 0 Å². The van der Waals surface area contributed by atoms with Crippen LogP contribution in [0.15, 0.2) is 24.3 Å². The molecule has 0 saturated carbocycles. The monoisotopic (exact) mass is 706 g/mol. The predicted molar refractivity (Wildman–Crippen MR) is 213 cm³/mol. The zero-order chi connectivity index (χ0) is 36.8. The summed E-state index contributed by atoms with van der Waals surface area (Å²) < 4.78 is 5.85. The Labute approximate surface area is 310 Å². The minimum atomic E-state index is -0.786. The van der Waals surface area contributed by atoms with Crippen LogP contribution in [-0.2, 0) is 14.3 Å². The van der Waals surface area contributed by atoms with Crippen molar-refractivity contribution >= 4 is 11.9 Å². The van der Waals surface area contributed by atoms with Crippen molar-refractivity contribution in [2.24, 2.45) is 0 Å². The summed E-state index contributed by atoms with van der Waals surface area (Å²) in [5.41, 5.74) is 0. The maximum absolute atomic E-state index is 13.0. The van der Waals surface area contributed by atoms with Crippen LogP contribution in [0.25, 0.3) is 0 Å². The largest absolute Gasteiger partial charge is 0.462 e. The van der Waals surface area contributed by atoms with Crippen LogP contribution in [0.3, 0.4) is 0 Å². The topological polar surface area (TPSA) is 95.9 Å². The highest BCUT2D eigenvalue weighted by Gasteiger charge is 2.24. The van der Waals surface area contributed by atoms with Crippen LogP contribution in [-0.4, -0.2) is 46.9 Å². The molecule has 50 heavy (non-hydrogen) atoms. The first-order valence-electron chi connectivity index (χ1n) is 21.6. The molecule has 3 N–H and O–H groups in total. The molecule has 0 radical (unpaired) electrons. The van der Waals surface area contributed by atoms with Gasteiger partial charge in [0, 0.05) is 6.42 Å². The molecule has 1 amide bonds. The fraction of sp³-hybridized carbons (Fsp3) is 0.864. The van der Waals surface area contributed by atoms with E-state index < -0.39 is 18.2 Å². The van der Waals surface area contributed by atoms with Gasteiger partial charge in [-0.2, -0.15) is 0 Å². The molecule has 0 aliphatic heterocycles. The second-order valence-corrected chi connectivity index (χ2v) is 14.7. The lowest BCUT2D eigenvalue weighted by Gasteiger charge is -2.24. The number of carbonyl (C=O) groups excluding carboxylic acids is 2. The van der Waals surface area contributed by atoms with Crippen LogP contribution in [0.2, 0.25) is 0 Å². The summed E-state index contributed by atoms with van der Waals surface area (Å²) in [6.45, 7) is 6.36. The summed E-state index contributed by atoms with van der Waals surface area (Å²) in [5, 5.41) is 23.5. The molecule has 6 heteroatoms. The highest BCUT2D eigenvalue weighted by molar-refractivity contribution is 5.77. The van der Waals surface area contributed by atoms with Gasteiger partial charge in [0.1, 0.15) is 6.10 Å². The molecule has 0 aromatic rings. The molecule has 294 valence electrons. The summed E-state index contributed by atoms with van der Waals surface area (Å²) in [5.74, 6) is -0.503. The summed E-state index contributed by atoms with van der Waals surface area (Å²) in [4.78, 5) is 25.8. The van der Waals surface area contributed by atoms with Crippen molar-refractivity contribution < 1.29 is 24.5 Å². The van der Waals surface area contributed by atoms with Crippen molar-refractivity contribution in [1.82, 2.24) is 5.32 Å². The van der Waals surface area contributed by atoms with Crippen molar-refractivity contribution in [3.63, 3.8) is 0 Å². The molecule has 3 atom stereocenters. The van der Waals surface area contributed by atoms with Crippen molar-refractivity contribution in [2.75, 3.05) is 6.61 Å². The lowest BCUT2D eigenvalue weighted by Crippen LogP contribution is -2.46. The number of hydrogen-bond donors (Lipinski definition) is 3. The number of esters is 1. The van der Waals surface area contributed by atoms with Gasteiger partial charge in [-0.3, -0.25) is 9.59 Å². The van der Waals surface area contributed by atoms with Gasteiger partial charge in [0.2, 0.25) is 5.91 Å². The van der Waals surface area contributed by atoms with Gasteiger partial charge >= 0.3 is 5.97 Å². The summed E-state index contributed by atoms with van der Waals surface area (Å²) >= 11 is 0. The average molecular weight is 706 g/mol. The number of hydrogen-bond acceptors (Lipinski definition) is 5. The third-order valence-electron chi connectivity index (χ3n) is 9.73. The van der Waals surface area contributed by atoms with Gasteiger partial charge in [0.05, 0.1) is 25.2 Å². The van der Waals surface area contributed by atoms with Crippen molar-refractivity contribution in [1.29, 1.82) is 0 Å². The Kier molecular flexibility index (Phi) is 37.3. The van der Waals surface area contributed by atoms with Crippen molar-refractivity contribution in [2.45, 2.75) is 238 Å². The molecule has 0 fully saturated rings. The number of ether oxygens (including phenoxy) is 1. The first-order valence-corrected chi connectivity index (χ1v) is 21.6. The maximum Gasteiger partial charge on any atom is 0.306 e. The molecule has 3 unspecified atom stereocenters. The molecule has 0 heterocycles. The van der Waals surface area contributed by atoms with Crippen LogP contribution in [0.4, 0.5) is 0 Å². The highest BCUT2D eigenvalue weighted by atomic mass is 16.5. The standard InChI is InChI=1S/C44H83NO5/c1-4-7-10-13-16-19-21-23-25-28-31-34-37-44(49)50-40(35-32-29-26-18-15-12-9-6-3)38-43(48)45-41(39-46)42(47)36-33-30-27-24-22-20-17-14-11-8-5-2/h12,15-16,19,40-42,46-47H,4-11,13-14,17-18,20-39H2,1-3H3,(H,45,48)/b15-12-,19-16-. The van der Waals surface area contributed by atoms with E-state index in [1.807, 2.05) is 0 Å². The third kappa shape index (κ3) is 33.5. The molecule has 6 nitrogen and oxygen atoms in total. The zero-order valence-corrected chi connectivity index (χ0v) is 33.3. The molecule has 0 aliphatic rings. The second kappa shape index (κ2) is 38.6. The number of unbranched alkanes of at least 4 members (excludes halogenated alkanes) is 22. The Morgan fingerprint density at radius 1 is 0.560 bits per heavy atom. The zero-order valence-electron chi connectivity index (χ0n) is 33.3. The smallest absolute Gasteiger partial charge is 0.306 e. The fourth-order valence-corrected chi connectivity index (χ4v) is 6.43. The predicted octanol–water partition coefficient (Wildman–Crippen LogP) is 12.0. The third-order valence-corrected chi connectivity index (χ3v) is 9.73. The summed E-state index contributed by atoms with van der Waals surface area (Å²) in [6.07, 6.45) is 41.0. The molecular weight excluding hydrogens is 622 g/mol. The lowest BCUT2D eigenvalue weighted by molar-refractivity contribution is -0.151. The number of carbonyl (C=O) groups is 2. The molecule has 0 aliphatic carbocycles. The Hall–Kier alpha value is -1.66. The van der Waals surface area contributed by atoms with Crippen LogP contribution in [0, 0.1) is 0 Å². The number of aliphatic hydroxyl groups excluding tert-OH is 2. The quantitative estimate of drug-likeness (QED) is 0.0337. The fourth-order valence-electron chi connectivity index (χ4n) is 6.43. The van der Waals surface area contributed by atoms with Gasteiger partial charge in [0.15, 0.2) is 0 Å². The first-order chi connectivity index (χ1) is 24.5. The van der Waals surface area contributed by atoms with Crippen LogP contribution in [0.1, 0.15) is 220 Å². The molecule has 0 aromatic heterocycles. The van der Waals surface area contributed by atoms with Gasteiger partial charge in [0.25, 0.3) is 0 Å². The molecule has 0 rings (SSSR count). The van der Waals surface area contributed by atoms with E-state index in [1.54, 1.807) is 0 Å². The van der Waals surface area contributed by atoms with Gasteiger partial charge in [-0.15, -0.1) is 0 Å². The minimum Gasteiger partial charge on any atom is -0.462 e. The second-order valence-electron chi connectivity index (χ2n) is 14.7. The first kappa shape index (κ1) is 48.3. The minimum absolute atomic E-state index is 0.0652. The number of nitrogens with one attached hydrogen (secondary N) is 1. The maximum atomic E-state index is 13.0. The lowest BCUT2D eigenvalue weighted by atomic mass is 10.0. The van der Waals surface area contributed by atoms with Gasteiger partial charge < -0.3 is 20.3 Å². The average Bonchev–Trinajstić information content (AvgIpc) is 3.10. The van der Waals surface area contributed by atoms with E-state index in [-0.39, 0.29) is 24.9 Å². The number of aliphatic hydroxyl groups is 2. The van der Waals surface area contributed by atoms with Crippen LogP contribution >= 0.6 is 0 Å².